The summed E-state index contributed by atoms with van der Waals surface area (Å²) in [5.41, 5.74) is 2.82. The Hall–Kier alpha value is -0.723. The molecule has 0 N–H and O–H groups in total. The van der Waals surface area contributed by atoms with E-state index in [1.807, 2.05) is 20.8 Å². The van der Waals surface area contributed by atoms with E-state index in [4.69, 9.17) is 18.0 Å². The highest BCUT2D eigenvalue weighted by atomic mass is 28.4. The number of aryl methyl sites for hydroxylation is 1. The number of hydrogen-bond donors (Lipinski definition) is 0. The average molecular weight is 395 g/mol. The first kappa shape index (κ1) is 22.6. The van der Waals surface area contributed by atoms with E-state index >= 15 is 0 Å². The summed E-state index contributed by atoms with van der Waals surface area (Å²) in [5.74, 6) is 0.694. The van der Waals surface area contributed by atoms with Gasteiger partial charge in [0.05, 0.1) is 6.10 Å². The molecule has 0 bridgehead atoms. The van der Waals surface area contributed by atoms with Crippen molar-refractivity contribution in [2.75, 3.05) is 26.4 Å². The van der Waals surface area contributed by atoms with Gasteiger partial charge in [-0.15, -0.1) is 0 Å². The summed E-state index contributed by atoms with van der Waals surface area (Å²) in [6.07, 6.45) is 6.10. The molecule has 0 aliphatic heterocycles. The molecule has 0 aromatic heterocycles. The minimum absolute atomic E-state index is 0.397. The summed E-state index contributed by atoms with van der Waals surface area (Å²) < 4.78 is 23.9. The van der Waals surface area contributed by atoms with Crippen LogP contribution in [-0.2, 0) is 18.0 Å². The minimum atomic E-state index is -2.52. The van der Waals surface area contributed by atoms with Gasteiger partial charge in [0.15, 0.2) is 0 Å². The molecule has 1 aromatic rings. The van der Waals surface area contributed by atoms with Crippen molar-refractivity contribution in [3.05, 3.63) is 35.4 Å². The van der Waals surface area contributed by atoms with Crippen LogP contribution in [0.3, 0.4) is 0 Å². The first-order valence-corrected chi connectivity index (χ1v) is 12.7. The summed E-state index contributed by atoms with van der Waals surface area (Å²) in [6.45, 7) is 10.8. The van der Waals surface area contributed by atoms with Crippen LogP contribution >= 0.6 is 0 Å². The Balaban J connectivity index is 1.70. The van der Waals surface area contributed by atoms with Gasteiger partial charge < -0.3 is 18.0 Å². The first-order valence-electron chi connectivity index (χ1n) is 10.7. The average Bonchev–Trinajstić information content (AvgIpc) is 2.67. The van der Waals surface area contributed by atoms with Crippen molar-refractivity contribution in [3.63, 3.8) is 0 Å². The molecule has 1 aromatic carbocycles. The summed E-state index contributed by atoms with van der Waals surface area (Å²) in [6, 6.07) is 9.87. The van der Waals surface area contributed by atoms with E-state index in [2.05, 4.69) is 31.2 Å². The van der Waals surface area contributed by atoms with E-state index in [-0.39, 0.29) is 0 Å². The highest BCUT2D eigenvalue weighted by Gasteiger charge is 2.39. The fraction of sp³-hybridized carbons (Fsp3) is 0.727. The molecule has 0 unspecified atom stereocenters. The fourth-order valence-electron chi connectivity index (χ4n) is 3.94. The number of rotatable bonds is 12. The SMILES string of the molecule is CCO[Si](CCCOC1CCC(c2ccc(C)cc2)CC1)(OCC)OCC. The third-order valence-corrected chi connectivity index (χ3v) is 8.45. The van der Waals surface area contributed by atoms with E-state index < -0.39 is 8.80 Å². The van der Waals surface area contributed by atoms with Crippen LogP contribution < -0.4 is 0 Å². The molecule has 154 valence electrons. The number of hydrogen-bond acceptors (Lipinski definition) is 4. The molecule has 2 rings (SSSR count). The lowest BCUT2D eigenvalue weighted by Crippen LogP contribution is -2.46. The quantitative estimate of drug-likeness (QED) is 0.348. The topological polar surface area (TPSA) is 36.9 Å². The van der Waals surface area contributed by atoms with Gasteiger partial charge >= 0.3 is 8.80 Å². The van der Waals surface area contributed by atoms with Gasteiger partial charge in [-0.1, -0.05) is 29.8 Å². The Morgan fingerprint density at radius 1 is 0.852 bits per heavy atom. The Bertz CT molecular complexity index is 495. The highest BCUT2D eigenvalue weighted by Crippen LogP contribution is 2.34. The second-order valence-corrected chi connectivity index (χ2v) is 10.1. The summed E-state index contributed by atoms with van der Waals surface area (Å²) in [5, 5.41) is 0. The van der Waals surface area contributed by atoms with E-state index in [0.717, 1.165) is 31.9 Å². The number of benzene rings is 1. The third-order valence-electron chi connectivity index (χ3n) is 5.30. The van der Waals surface area contributed by atoms with Crippen molar-refractivity contribution in [3.8, 4) is 0 Å². The maximum absolute atomic E-state index is 6.17. The normalized spacial score (nSPS) is 20.7. The zero-order valence-corrected chi connectivity index (χ0v) is 18.7. The van der Waals surface area contributed by atoms with Crippen LogP contribution in [0, 0.1) is 6.92 Å². The predicted octanol–water partition coefficient (Wildman–Crippen LogP) is 5.48. The summed E-state index contributed by atoms with van der Waals surface area (Å²) >= 11 is 0. The molecule has 1 aliphatic carbocycles. The Morgan fingerprint density at radius 2 is 1.41 bits per heavy atom. The zero-order chi connectivity index (χ0) is 19.5. The van der Waals surface area contributed by atoms with E-state index in [9.17, 15) is 0 Å². The van der Waals surface area contributed by atoms with Crippen molar-refractivity contribution in [1.29, 1.82) is 0 Å². The second-order valence-electron chi connectivity index (χ2n) is 7.34. The van der Waals surface area contributed by atoms with Crippen LogP contribution in [0.15, 0.2) is 24.3 Å². The third kappa shape index (κ3) is 7.31. The van der Waals surface area contributed by atoms with Gasteiger partial charge in [0.25, 0.3) is 0 Å². The van der Waals surface area contributed by atoms with Crippen LogP contribution in [0.2, 0.25) is 6.04 Å². The van der Waals surface area contributed by atoms with Crippen molar-refractivity contribution < 1.29 is 18.0 Å². The fourth-order valence-corrected chi connectivity index (χ4v) is 6.52. The van der Waals surface area contributed by atoms with Crippen molar-refractivity contribution >= 4 is 8.80 Å². The minimum Gasteiger partial charge on any atom is -0.378 e. The zero-order valence-electron chi connectivity index (χ0n) is 17.7. The molecular formula is C22H38O4Si. The van der Waals surface area contributed by atoms with Crippen LogP contribution in [0.5, 0.6) is 0 Å². The van der Waals surface area contributed by atoms with Gasteiger partial charge in [-0.25, -0.2) is 0 Å². The largest absolute Gasteiger partial charge is 0.501 e. The van der Waals surface area contributed by atoms with Crippen LogP contribution in [-0.4, -0.2) is 41.3 Å². The van der Waals surface area contributed by atoms with Gasteiger partial charge in [0.2, 0.25) is 0 Å². The Labute approximate surface area is 166 Å². The molecule has 0 atom stereocenters. The first-order chi connectivity index (χ1) is 13.1. The lowest BCUT2D eigenvalue weighted by molar-refractivity contribution is 0.0202. The lowest BCUT2D eigenvalue weighted by atomic mass is 9.82. The van der Waals surface area contributed by atoms with E-state index in [0.29, 0.717) is 31.8 Å². The standard InChI is InChI=1S/C22H38O4Si/c1-5-24-27(25-6-2,26-7-3)18-8-17-23-22-15-13-21(14-16-22)20-11-9-19(4)10-12-20/h9-12,21-22H,5-8,13-18H2,1-4H3. The second kappa shape index (κ2) is 12.0. The monoisotopic (exact) mass is 394 g/mol. The molecule has 0 radical (unpaired) electrons. The lowest BCUT2D eigenvalue weighted by Gasteiger charge is -2.30. The molecule has 4 nitrogen and oxygen atoms in total. The van der Waals surface area contributed by atoms with Crippen LogP contribution in [0.25, 0.3) is 0 Å². The van der Waals surface area contributed by atoms with Crippen molar-refractivity contribution in [2.45, 2.75) is 77.9 Å². The smallest absolute Gasteiger partial charge is 0.378 e. The van der Waals surface area contributed by atoms with Gasteiger partial charge in [-0.2, -0.15) is 0 Å². The van der Waals surface area contributed by atoms with Gasteiger partial charge in [-0.05, 0) is 71.3 Å². The van der Waals surface area contributed by atoms with Gasteiger partial charge in [0.1, 0.15) is 0 Å². The molecule has 1 aliphatic rings. The number of ether oxygens (including phenoxy) is 1. The van der Waals surface area contributed by atoms with E-state index in [1.54, 1.807) is 0 Å². The molecule has 27 heavy (non-hydrogen) atoms. The molecular weight excluding hydrogens is 356 g/mol. The van der Waals surface area contributed by atoms with Gasteiger partial charge in [0, 0.05) is 32.5 Å². The summed E-state index contributed by atoms with van der Waals surface area (Å²) in [7, 11) is -2.52. The molecule has 1 saturated carbocycles. The molecule has 0 amide bonds. The van der Waals surface area contributed by atoms with Crippen LogP contribution in [0.1, 0.15) is 69.9 Å². The molecule has 0 heterocycles. The Kier molecular flexibility index (Phi) is 10.0. The molecule has 1 fully saturated rings. The van der Waals surface area contributed by atoms with Crippen molar-refractivity contribution in [1.82, 2.24) is 0 Å². The van der Waals surface area contributed by atoms with E-state index in [1.165, 1.54) is 24.0 Å². The van der Waals surface area contributed by atoms with Crippen molar-refractivity contribution in [2.24, 2.45) is 0 Å². The predicted molar refractivity (Wildman–Crippen MR) is 112 cm³/mol. The maximum Gasteiger partial charge on any atom is 0.501 e. The summed E-state index contributed by atoms with van der Waals surface area (Å²) in [4.78, 5) is 0. The maximum atomic E-state index is 6.17. The highest BCUT2D eigenvalue weighted by molar-refractivity contribution is 6.60. The molecule has 5 heteroatoms. The van der Waals surface area contributed by atoms with Crippen LogP contribution in [0.4, 0.5) is 0 Å². The Morgan fingerprint density at radius 3 is 1.93 bits per heavy atom. The molecule has 0 saturated heterocycles. The van der Waals surface area contributed by atoms with Gasteiger partial charge in [-0.3, -0.25) is 0 Å². The molecule has 0 spiro atoms.